The Bertz CT molecular complexity index is 3060. The van der Waals surface area contributed by atoms with Crippen LogP contribution in [0.25, 0.3) is 0 Å². The van der Waals surface area contributed by atoms with Gasteiger partial charge in [0.25, 0.3) is 0 Å². The van der Waals surface area contributed by atoms with E-state index in [0.717, 1.165) is 11.9 Å². The number of aliphatic carboxylic acids is 1. The topological polar surface area (TPSA) is 542 Å². The van der Waals surface area contributed by atoms with Crippen LogP contribution in [-0.4, -0.2) is 350 Å². The van der Waals surface area contributed by atoms with Crippen molar-refractivity contribution < 1.29 is 172 Å². The van der Waals surface area contributed by atoms with E-state index >= 15 is 4.79 Å². The first kappa shape index (κ1) is 84.6. The maximum atomic E-state index is 16.0. The molecule has 17 N–H and O–H groups in total. The molecule has 612 valence electrons. The van der Waals surface area contributed by atoms with Crippen LogP contribution in [0.1, 0.15) is 113 Å². The number of carbonyl (C=O) groups excluding carboxylic acids is 3. The second kappa shape index (κ2) is 33.6. The van der Waals surface area contributed by atoms with Gasteiger partial charge in [-0.3, -0.25) is 9.59 Å². The minimum Gasteiger partial charge on any atom is -0.479 e. The summed E-state index contributed by atoms with van der Waals surface area (Å²) in [5.74, 6) is -4.63. The molecule has 37 atom stereocenters. The van der Waals surface area contributed by atoms with Crippen molar-refractivity contribution in [3.05, 3.63) is 11.6 Å². The van der Waals surface area contributed by atoms with Crippen molar-refractivity contribution in [3.8, 4) is 0 Å². The summed E-state index contributed by atoms with van der Waals surface area (Å²) in [4.78, 5) is 56.8. The summed E-state index contributed by atoms with van der Waals surface area (Å²) >= 11 is 0. The van der Waals surface area contributed by atoms with Gasteiger partial charge in [-0.05, 0) is 104 Å². The molecule has 0 bridgehead atoms. The largest absolute Gasteiger partial charge is 0.479 e. The van der Waals surface area contributed by atoms with Crippen LogP contribution in [0, 0.1) is 50.2 Å². The highest BCUT2D eigenvalue weighted by molar-refractivity contribution is 5.80. The molecule has 0 spiro atoms. The van der Waals surface area contributed by atoms with Crippen molar-refractivity contribution in [1.82, 2.24) is 5.32 Å². The predicted molar refractivity (Wildman–Crippen MR) is 355 cm³/mol. The zero-order chi connectivity index (χ0) is 77.9. The number of carboxylic acid groups (broad SMARTS) is 1. The third-order valence-electron chi connectivity index (χ3n) is 26.1. The van der Waals surface area contributed by atoms with Crippen LogP contribution in [0.15, 0.2) is 11.6 Å². The lowest BCUT2D eigenvalue weighted by Gasteiger charge is -2.71. The number of methoxy groups -OCH3 is 1. The molecule has 0 radical (unpaired) electrons. The lowest BCUT2D eigenvalue weighted by molar-refractivity contribution is -0.379. The zero-order valence-corrected chi connectivity index (χ0v) is 61.5. The normalized spacial score (nSPS) is 49.8. The molecule has 6 heterocycles. The maximum absolute atomic E-state index is 16.0. The van der Waals surface area contributed by atoms with Gasteiger partial charge in [0.2, 0.25) is 12.2 Å². The van der Waals surface area contributed by atoms with E-state index < -0.39 is 280 Å². The van der Waals surface area contributed by atoms with Crippen LogP contribution in [-0.2, 0) is 90.2 Å². The monoisotopic (exact) mass is 1540 g/mol. The number of fused-ring (bicyclic) bond motifs is 7. The second-order valence-electron chi connectivity index (χ2n) is 32.9. The number of carboxylic acids is 1. The molecular formula is C71H113NO35. The van der Waals surface area contributed by atoms with Crippen LogP contribution < -0.4 is 5.32 Å². The number of rotatable bonds is 25. The van der Waals surface area contributed by atoms with Gasteiger partial charge in [0.1, 0.15) is 116 Å². The molecule has 4 saturated carbocycles. The Labute approximate surface area is 618 Å². The van der Waals surface area contributed by atoms with Gasteiger partial charge in [0.15, 0.2) is 43.7 Å². The summed E-state index contributed by atoms with van der Waals surface area (Å²) in [6, 6.07) is -1.54. The Morgan fingerprint density at radius 2 is 1.19 bits per heavy atom. The summed E-state index contributed by atoms with van der Waals surface area (Å²) < 4.78 is 89.2. The summed E-state index contributed by atoms with van der Waals surface area (Å²) in [6.07, 6.45) is -42.6. The van der Waals surface area contributed by atoms with Crippen LogP contribution in [0.2, 0.25) is 0 Å². The van der Waals surface area contributed by atoms with E-state index in [0.29, 0.717) is 45.1 Å². The number of amides is 1. The first-order chi connectivity index (χ1) is 50.5. The summed E-state index contributed by atoms with van der Waals surface area (Å²) in [7, 11) is 1.51. The van der Waals surface area contributed by atoms with Gasteiger partial charge in [-0.1, -0.05) is 53.2 Å². The number of aliphatic hydroxyl groups excluding tert-OH is 15. The van der Waals surface area contributed by atoms with Crippen LogP contribution in [0.5, 0.6) is 0 Å². The Morgan fingerprint density at radius 1 is 0.589 bits per heavy atom. The average Bonchev–Trinajstić information content (AvgIpc) is 0.664. The lowest BCUT2D eigenvalue weighted by Crippen LogP contribution is -2.70. The standard InChI is InChI=1S/C71H113NO35/c1-30-55(104-60-52(87)46(81)34(77)27-97-60)50(85)54(89)61(98-30)106-57-48(83)44(72-43(79)28-95-20-19-94-18-17-93-8)37(24-73)101-64(57)107-65(92)71-16-15-66(2,3)22-32(71)31-9-10-40-67(4)13-12-42(68(5,29-75)39(67)11-14-69(40,6)70(31,7)23-41(71)78)103-63-56(105-62-53(88)49(84)47(82)38(25-74)102-62)35(21-36(100-63)58(90)91)99-59-51(86)45(80)33(76)26-96-59/h9,29-30,32-42,44-57,59-64,73-74,76-78,80-89H,10-28H2,1-8H3,(H,72,79)(H,90,91)/t30?,32?,33-,34-,35+,36?,37?,38?,39-,40?,41?,42+,44+,45+,46?,47+,48?,49+,50?,51?,52?,53?,54?,55+,56?,57?,59+,60+,61+,62+,63+,64+,67?,68-,69+,70-,71-/m1/s1. The highest BCUT2D eigenvalue weighted by atomic mass is 16.8. The number of nitrogens with one attached hydrogen (secondary N) is 1. The van der Waals surface area contributed by atoms with E-state index in [1.165, 1.54) is 14.0 Å². The molecule has 1 amide bonds. The van der Waals surface area contributed by atoms with Crippen LogP contribution in [0.4, 0.5) is 0 Å². The Morgan fingerprint density at radius 3 is 1.83 bits per heavy atom. The lowest BCUT2D eigenvalue weighted by atomic mass is 9.33. The Kier molecular flexibility index (Phi) is 26.6. The number of carbonyl (C=O) groups is 4. The van der Waals surface area contributed by atoms with E-state index in [2.05, 4.69) is 46.0 Å². The van der Waals surface area contributed by atoms with E-state index in [-0.39, 0.29) is 45.0 Å². The van der Waals surface area contributed by atoms with Gasteiger partial charge < -0.3 is 163 Å². The minimum absolute atomic E-state index is 0.0172. The fourth-order valence-electron chi connectivity index (χ4n) is 19.7. The molecule has 10 fully saturated rings. The highest BCUT2D eigenvalue weighted by Gasteiger charge is 2.73. The van der Waals surface area contributed by atoms with Gasteiger partial charge in [-0.15, -0.1) is 0 Å². The molecular weight excluding hydrogens is 1430 g/mol. The number of hydrogen-bond donors (Lipinski definition) is 17. The highest BCUT2D eigenvalue weighted by Crippen LogP contribution is 2.76. The van der Waals surface area contributed by atoms with Gasteiger partial charge in [0, 0.05) is 13.5 Å². The maximum Gasteiger partial charge on any atom is 0.333 e. The molecule has 6 aliphatic heterocycles. The van der Waals surface area contributed by atoms with E-state index in [4.69, 9.17) is 71.1 Å². The van der Waals surface area contributed by atoms with Crippen molar-refractivity contribution in [1.29, 1.82) is 0 Å². The van der Waals surface area contributed by atoms with Gasteiger partial charge in [-0.2, -0.15) is 0 Å². The van der Waals surface area contributed by atoms with Gasteiger partial charge in [-0.25, -0.2) is 4.79 Å². The van der Waals surface area contributed by atoms with Crippen molar-refractivity contribution >= 4 is 24.1 Å². The first-order valence-corrected chi connectivity index (χ1v) is 37.2. The third-order valence-corrected chi connectivity index (χ3v) is 26.1. The number of esters is 1. The fraction of sp³-hybridized carbons (Fsp3) is 0.915. The number of allylic oxidation sites excluding steroid dienone is 2. The molecule has 36 nitrogen and oxygen atoms in total. The molecule has 11 rings (SSSR count). The smallest absolute Gasteiger partial charge is 0.333 e. The minimum atomic E-state index is -2.05. The van der Waals surface area contributed by atoms with E-state index in [1.54, 1.807) is 6.92 Å². The van der Waals surface area contributed by atoms with Crippen molar-refractivity contribution in [2.75, 3.05) is 66.6 Å². The molecule has 107 heavy (non-hydrogen) atoms. The third kappa shape index (κ3) is 15.9. The van der Waals surface area contributed by atoms with E-state index in [1.807, 2.05) is 0 Å². The predicted octanol–water partition coefficient (Wildman–Crippen LogP) is -5.01. The van der Waals surface area contributed by atoms with Crippen LogP contribution >= 0.6 is 0 Å². The van der Waals surface area contributed by atoms with Crippen molar-refractivity contribution in [3.63, 3.8) is 0 Å². The number of hydrogen-bond acceptors (Lipinski definition) is 34. The SMILES string of the molecule is COCCOCCOCC(=O)N[C@H]1C(CO)O[C@@H](OC(=O)[C@]23CCC(C)(C)CC2C2=CCC4C5(C)CC[C@H](O[C@@H]6OC(C(=O)O)C[C@H](O[C@@H]7OC[C@@H](O)[C@H](O)C7O)C6O[C@@H]6OC(CO)[C@H](O)[C@H](O)C6O)[C@](C)(C=O)[C@@H]5CC[C@]4(C)[C@]2(C)CC3O)C(O[C@@H]2OC(C)[C@H](O[C@@H]3OC[C@@H](O)C(O)C3O)C(O)C2O)C1O. The van der Waals surface area contributed by atoms with E-state index in [9.17, 15) is 96.1 Å². The summed E-state index contributed by atoms with van der Waals surface area (Å²) in [6.45, 7) is 11.1. The number of aliphatic hydroxyl groups is 15. The Hall–Kier alpha value is -3.34. The first-order valence-electron chi connectivity index (χ1n) is 37.2. The Balaban J connectivity index is 0.864. The van der Waals surface area contributed by atoms with Gasteiger partial charge >= 0.3 is 11.9 Å². The summed E-state index contributed by atoms with van der Waals surface area (Å²) in [5, 5.41) is 179. The fourth-order valence-corrected chi connectivity index (χ4v) is 19.7. The zero-order valence-electron chi connectivity index (χ0n) is 61.5. The molecule has 17 unspecified atom stereocenters. The average molecular weight is 1540 g/mol. The molecule has 6 saturated heterocycles. The molecule has 11 aliphatic rings. The van der Waals surface area contributed by atoms with Crippen molar-refractivity contribution in [2.24, 2.45) is 50.2 Å². The molecule has 0 aromatic carbocycles. The summed E-state index contributed by atoms with van der Waals surface area (Å²) in [5.41, 5.74) is -4.86. The van der Waals surface area contributed by atoms with Crippen LogP contribution in [0.3, 0.4) is 0 Å². The second-order valence-corrected chi connectivity index (χ2v) is 32.9. The number of aldehydes is 1. The molecule has 0 aromatic rings. The van der Waals surface area contributed by atoms with Crippen molar-refractivity contribution in [2.45, 2.75) is 291 Å². The number of ether oxygens (including phenoxy) is 15. The van der Waals surface area contributed by atoms with Gasteiger partial charge in [0.05, 0.1) is 88.7 Å². The quantitative estimate of drug-likeness (QED) is 0.0134. The molecule has 36 heteroatoms. The molecule has 5 aliphatic carbocycles. The molecule has 0 aromatic heterocycles.